The van der Waals surface area contributed by atoms with Crippen molar-refractivity contribution in [1.29, 1.82) is 0 Å². The van der Waals surface area contributed by atoms with Crippen LogP contribution in [0.5, 0.6) is 0 Å². The molecule has 0 bridgehead atoms. The maximum atomic E-state index is 12.2. The number of hydrogen-bond acceptors (Lipinski definition) is 6. The number of sulfonamides is 1. The zero-order chi connectivity index (χ0) is 15.2. The third-order valence-corrected chi connectivity index (χ3v) is 5.08. The van der Waals surface area contributed by atoms with E-state index in [9.17, 15) is 13.2 Å². The van der Waals surface area contributed by atoms with Gasteiger partial charge in [-0.3, -0.25) is 4.79 Å². The number of aromatic nitrogens is 2. The predicted octanol–water partition coefficient (Wildman–Crippen LogP) is 0.986. The first-order valence-corrected chi connectivity index (χ1v) is 8.89. The molecule has 0 radical (unpaired) electrons. The summed E-state index contributed by atoms with van der Waals surface area (Å²) in [5.74, 6) is -0.755. The monoisotopic (exact) mass is 346 g/mol. The number of benzene rings is 1. The molecular formula is C11H11ClN4O3S2. The first kappa shape index (κ1) is 14.6. The Kier molecular flexibility index (Phi) is 3.60. The summed E-state index contributed by atoms with van der Waals surface area (Å²) in [5, 5.41) is 5.43. The Bertz CT molecular complexity index is 820. The highest BCUT2D eigenvalue weighted by atomic mass is 35.5. The highest BCUT2D eigenvalue weighted by Gasteiger charge is 2.35. The van der Waals surface area contributed by atoms with Gasteiger partial charge in [-0.2, -0.15) is 8.75 Å². The number of nitrogens with zero attached hydrogens (tertiary/aromatic N) is 3. The van der Waals surface area contributed by atoms with Crippen LogP contribution in [0.4, 0.5) is 5.69 Å². The minimum Gasteiger partial charge on any atom is -0.309 e. The Morgan fingerprint density at radius 2 is 2.19 bits per heavy atom. The summed E-state index contributed by atoms with van der Waals surface area (Å²) in [7, 11) is -3.62. The Labute approximate surface area is 130 Å². The fraction of sp³-hybridized carbons (Fsp3) is 0.364. The average molecular weight is 347 g/mol. The molecule has 2 heterocycles. The molecule has 1 aromatic carbocycles. The number of carbonyl (C=O) groups excluding carboxylic acids is 1. The van der Waals surface area contributed by atoms with Crippen molar-refractivity contribution in [3.05, 3.63) is 17.2 Å². The van der Waals surface area contributed by atoms with Crippen molar-refractivity contribution in [2.75, 3.05) is 17.2 Å². The van der Waals surface area contributed by atoms with E-state index in [-0.39, 0.29) is 30.5 Å². The van der Waals surface area contributed by atoms with Crippen molar-refractivity contribution in [1.82, 2.24) is 8.75 Å². The van der Waals surface area contributed by atoms with Crippen LogP contribution in [0.25, 0.3) is 11.0 Å². The number of anilines is 1. The van der Waals surface area contributed by atoms with Gasteiger partial charge in [0.15, 0.2) is 0 Å². The second kappa shape index (κ2) is 5.16. The van der Waals surface area contributed by atoms with Gasteiger partial charge in [0.25, 0.3) is 0 Å². The molecule has 2 aromatic rings. The summed E-state index contributed by atoms with van der Waals surface area (Å²) in [6, 6.07) is 3.38. The van der Waals surface area contributed by atoms with Gasteiger partial charge in [-0.1, -0.05) is 11.6 Å². The second-order valence-corrected chi connectivity index (χ2v) is 7.53. The first-order valence-electron chi connectivity index (χ1n) is 6.07. The molecule has 1 aliphatic rings. The highest BCUT2D eigenvalue weighted by Crippen LogP contribution is 2.36. The van der Waals surface area contributed by atoms with E-state index in [4.69, 9.17) is 16.7 Å². The standard InChI is InChI=1S/C11H11ClN4O3S2/c12-7-1-2-8-10(15-20-14-8)11(7)16-4-6(3-9(16)17)5-21(13,18)19/h1-2,6H,3-5H2,(H2,13,18,19). The van der Waals surface area contributed by atoms with Gasteiger partial charge >= 0.3 is 0 Å². The van der Waals surface area contributed by atoms with E-state index in [1.807, 2.05) is 0 Å². The molecule has 1 atom stereocenters. The van der Waals surface area contributed by atoms with Crippen molar-refractivity contribution in [2.45, 2.75) is 6.42 Å². The van der Waals surface area contributed by atoms with E-state index >= 15 is 0 Å². The topological polar surface area (TPSA) is 106 Å². The molecule has 1 unspecified atom stereocenters. The van der Waals surface area contributed by atoms with E-state index in [0.717, 1.165) is 11.7 Å². The number of carbonyl (C=O) groups is 1. The van der Waals surface area contributed by atoms with Crippen LogP contribution in [0.15, 0.2) is 12.1 Å². The van der Waals surface area contributed by atoms with E-state index in [0.29, 0.717) is 21.7 Å². The molecule has 7 nitrogen and oxygen atoms in total. The lowest BCUT2D eigenvalue weighted by atomic mass is 10.1. The maximum Gasteiger partial charge on any atom is 0.227 e. The summed E-state index contributed by atoms with van der Waals surface area (Å²) >= 11 is 7.22. The number of hydrogen-bond donors (Lipinski definition) is 1. The van der Waals surface area contributed by atoms with Crippen LogP contribution in [-0.4, -0.2) is 35.4 Å². The largest absolute Gasteiger partial charge is 0.309 e. The number of nitrogens with two attached hydrogens (primary N) is 1. The zero-order valence-electron chi connectivity index (χ0n) is 10.7. The summed E-state index contributed by atoms with van der Waals surface area (Å²) in [4.78, 5) is 13.6. The Morgan fingerprint density at radius 1 is 1.43 bits per heavy atom. The Morgan fingerprint density at radius 3 is 2.90 bits per heavy atom. The van der Waals surface area contributed by atoms with Gasteiger partial charge in [-0.15, -0.1) is 0 Å². The number of amides is 1. The summed E-state index contributed by atoms with van der Waals surface area (Å²) in [6.07, 6.45) is 0.126. The fourth-order valence-corrected chi connectivity index (χ4v) is 4.18. The lowest BCUT2D eigenvalue weighted by molar-refractivity contribution is -0.117. The van der Waals surface area contributed by atoms with Gasteiger partial charge in [0, 0.05) is 18.9 Å². The van der Waals surface area contributed by atoms with E-state index in [1.54, 1.807) is 12.1 Å². The maximum absolute atomic E-state index is 12.2. The molecule has 1 fully saturated rings. The molecule has 0 saturated carbocycles. The predicted molar refractivity (Wildman–Crippen MR) is 80.9 cm³/mol. The van der Waals surface area contributed by atoms with Crippen LogP contribution >= 0.6 is 23.3 Å². The van der Waals surface area contributed by atoms with E-state index in [2.05, 4.69) is 8.75 Å². The SMILES string of the molecule is NS(=O)(=O)CC1CC(=O)N(c2c(Cl)ccc3nsnc23)C1. The number of fused-ring (bicyclic) bond motifs is 1. The molecule has 2 N–H and O–H groups in total. The van der Waals surface area contributed by atoms with Crippen molar-refractivity contribution < 1.29 is 13.2 Å². The lowest BCUT2D eigenvalue weighted by Gasteiger charge is -2.18. The molecule has 21 heavy (non-hydrogen) atoms. The molecule has 1 amide bonds. The first-order chi connectivity index (χ1) is 9.85. The van der Waals surface area contributed by atoms with Crippen molar-refractivity contribution in [2.24, 2.45) is 11.1 Å². The number of primary sulfonamides is 1. The molecule has 112 valence electrons. The Hall–Kier alpha value is -1.29. The van der Waals surface area contributed by atoms with Crippen molar-refractivity contribution >= 4 is 56.0 Å². The summed E-state index contributed by atoms with van der Waals surface area (Å²) in [6.45, 7) is 0.256. The Balaban J connectivity index is 1.98. The van der Waals surface area contributed by atoms with Crippen LogP contribution in [0, 0.1) is 5.92 Å². The number of halogens is 1. The summed E-state index contributed by atoms with van der Waals surface area (Å²) in [5.41, 5.74) is 1.70. The van der Waals surface area contributed by atoms with Crippen molar-refractivity contribution in [3.63, 3.8) is 0 Å². The smallest absolute Gasteiger partial charge is 0.227 e. The molecule has 10 heteroatoms. The fourth-order valence-electron chi connectivity index (χ4n) is 2.51. The van der Waals surface area contributed by atoms with Gasteiger partial charge < -0.3 is 4.90 Å². The molecule has 1 saturated heterocycles. The minimum atomic E-state index is -3.62. The van der Waals surface area contributed by atoms with Crippen LogP contribution in [-0.2, 0) is 14.8 Å². The second-order valence-electron chi connectivity index (χ2n) is 4.93. The van der Waals surface area contributed by atoms with Gasteiger partial charge in [-0.05, 0) is 12.1 Å². The average Bonchev–Trinajstić information content (AvgIpc) is 2.94. The molecule has 1 aliphatic heterocycles. The molecule has 3 rings (SSSR count). The molecule has 0 spiro atoms. The third-order valence-electron chi connectivity index (χ3n) is 3.30. The van der Waals surface area contributed by atoms with E-state index < -0.39 is 10.0 Å². The van der Waals surface area contributed by atoms with Crippen LogP contribution in [0.3, 0.4) is 0 Å². The minimum absolute atomic E-state index is 0.126. The van der Waals surface area contributed by atoms with Crippen LogP contribution in [0.2, 0.25) is 5.02 Å². The molecular weight excluding hydrogens is 336 g/mol. The number of rotatable bonds is 3. The van der Waals surface area contributed by atoms with Crippen LogP contribution in [0.1, 0.15) is 6.42 Å². The van der Waals surface area contributed by atoms with Crippen molar-refractivity contribution in [3.8, 4) is 0 Å². The van der Waals surface area contributed by atoms with Gasteiger partial charge in [0.1, 0.15) is 11.0 Å². The molecule has 1 aromatic heterocycles. The normalized spacial score (nSPS) is 19.6. The quantitative estimate of drug-likeness (QED) is 0.891. The third kappa shape index (κ3) is 2.86. The highest BCUT2D eigenvalue weighted by molar-refractivity contribution is 7.89. The van der Waals surface area contributed by atoms with Gasteiger partial charge in [0.05, 0.1) is 28.2 Å². The zero-order valence-corrected chi connectivity index (χ0v) is 13.1. The summed E-state index contributed by atoms with van der Waals surface area (Å²) < 4.78 is 30.6. The lowest BCUT2D eigenvalue weighted by Crippen LogP contribution is -2.27. The van der Waals surface area contributed by atoms with E-state index in [1.165, 1.54) is 4.90 Å². The van der Waals surface area contributed by atoms with Gasteiger partial charge in [-0.25, -0.2) is 13.6 Å². The van der Waals surface area contributed by atoms with Crippen LogP contribution < -0.4 is 10.0 Å². The molecule has 0 aliphatic carbocycles. The van der Waals surface area contributed by atoms with Gasteiger partial charge in [0.2, 0.25) is 15.9 Å².